The van der Waals surface area contributed by atoms with Crippen LogP contribution in [0.3, 0.4) is 0 Å². The number of ether oxygens (including phenoxy) is 1. The molecule has 2 aliphatic heterocycles. The second kappa shape index (κ2) is 8.21. The summed E-state index contributed by atoms with van der Waals surface area (Å²) in [6.45, 7) is 2.82. The largest absolute Gasteiger partial charge is 0.486 e. The highest BCUT2D eigenvalue weighted by Crippen LogP contribution is 2.40. The highest BCUT2D eigenvalue weighted by molar-refractivity contribution is 6.01. The molecule has 29 heavy (non-hydrogen) atoms. The van der Waals surface area contributed by atoms with Crippen LogP contribution in [0, 0.1) is 0 Å². The summed E-state index contributed by atoms with van der Waals surface area (Å²) in [6, 6.07) is 15.8. The molecule has 0 bridgehead atoms. The Morgan fingerprint density at radius 2 is 1.97 bits per heavy atom. The van der Waals surface area contributed by atoms with Gasteiger partial charge in [-0.25, -0.2) is 4.79 Å². The predicted octanol–water partition coefficient (Wildman–Crippen LogP) is 4.17. The van der Waals surface area contributed by atoms with E-state index < -0.39 is 11.6 Å². The molecule has 1 fully saturated rings. The number of Topliss-reactive ketones (excluding diaryl/α,β-unsaturated/α-hetero) is 1. The smallest absolute Gasteiger partial charge is 0.328 e. The van der Waals surface area contributed by atoms with Crippen LogP contribution in [-0.2, 0) is 11.3 Å². The molecule has 0 aromatic heterocycles. The molecule has 150 valence electrons. The zero-order valence-corrected chi connectivity index (χ0v) is 16.3. The Kier molecular flexibility index (Phi) is 5.49. The molecule has 1 atom stereocenters. The molecule has 1 spiro atoms. The monoisotopic (exact) mass is 391 g/mol. The summed E-state index contributed by atoms with van der Waals surface area (Å²) in [4.78, 5) is 26.1. The van der Waals surface area contributed by atoms with Gasteiger partial charge in [-0.1, -0.05) is 36.4 Å². The first-order valence-corrected chi connectivity index (χ1v) is 10.1. The van der Waals surface area contributed by atoms with Crippen molar-refractivity contribution in [1.82, 2.24) is 4.90 Å². The molecule has 5 heteroatoms. The standard InChI is InChI=1S/C24H25NO4/c26-21-16-24(29-22-9-7-18(15-20(21)22)8-10-23(27)28)11-4-13-25(14-12-24)17-19-5-2-1-3-6-19/h1-3,5-10,15H,4,11-14,16-17H2,(H,27,28). The molecule has 2 heterocycles. The van der Waals surface area contributed by atoms with E-state index in [0.29, 0.717) is 23.3 Å². The van der Waals surface area contributed by atoms with Crippen molar-refractivity contribution in [3.8, 4) is 5.75 Å². The number of rotatable bonds is 4. The predicted molar refractivity (Wildman–Crippen MR) is 111 cm³/mol. The quantitative estimate of drug-likeness (QED) is 0.792. The topological polar surface area (TPSA) is 66.8 Å². The first-order chi connectivity index (χ1) is 14.0. The van der Waals surface area contributed by atoms with Gasteiger partial charge in [0.25, 0.3) is 0 Å². The lowest BCUT2D eigenvalue weighted by Crippen LogP contribution is -2.42. The van der Waals surface area contributed by atoms with Gasteiger partial charge < -0.3 is 9.84 Å². The molecule has 0 aliphatic carbocycles. The zero-order valence-electron chi connectivity index (χ0n) is 16.3. The van der Waals surface area contributed by atoms with Crippen LogP contribution in [0.25, 0.3) is 6.08 Å². The van der Waals surface area contributed by atoms with Crippen LogP contribution in [0.4, 0.5) is 0 Å². The van der Waals surface area contributed by atoms with Crippen LogP contribution in [0.2, 0.25) is 0 Å². The van der Waals surface area contributed by atoms with Crippen molar-refractivity contribution in [3.63, 3.8) is 0 Å². The van der Waals surface area contributed by atoms with Gasteiger partial charge in [-0.15, -0.1) is 0 Å². The highest BCUT2D eigenvalue weighted by Gasteiger charge is 2.41. The van der Waals surface area contributed by atoms with E-state index in [2.05, 4.69) is 29.2 Å². The van der Waals surface area contributed by atoms with Crippen molar-refractivity contribution in [2.75, 3.05) is 13.1 Å². The normalized spacial score (nSPS) is 22.3. The van der Waals surface area contributed by atoms with E-state index in [0.717, 1.165) is 45.0 Å². The summed E-state index contributed by atoms with van der Waals surface area (Å²) >= 11 is 0. The number of hydrogen-bond donors (Lipinski definition) is 1. The number of ketones is 1. The van der Waals surface area contributed by atoms with Gasteiger partial charge in [0.2, 0.25) is 0 Å². The van der Waals surface area contributed by atoms with Gasteiger partial charge in [-0.3, -0.25) is 9.69 Å². The molecule has 4 rings (SSSR count). The molecule has 2 aromatic rings. The van der Waals surface area contributed by atoms with Gasteiger partial charge in [0, 0.05) is 25.6 Å². The van der Waals surface area contributed by atoms with Crippen LogP contribution in [0.5, 0.6) is 5.75 Å². The molecule has 0 radical (unpaired) electrons. The number of carbonyl (C=O) groups excluding carboxylic acids is 1. The molecule has 1 unspecified atom stereocenters. The molecule has 2 aliphatic rings. The first kappa shape index (κ1) is 19.4. The molecular weight excluding hydrogens is 366 g/mol. The van der Waals surface area contributed by atoms with Gasteiger partial charge in [0.05, 0.1) is 12.0 Å². The van der Waals surface area contributed by atoms with E-state index in [9.17, 15) is 9.59 Å². The van der Waals surface area contributed by atoms with Crippen LogP contribution >= 0.6 is 0 Å². The number of aliphatic carboxylic acids is 1. The summed E-state index contributed by atoms with van der Waals surface area (Å²) < 4.78 is 6.40. The third kappa shape index (κ3) is 4.57. The summed E-state index contributed by atoms with van der Waals surface area (Å²) in [7, 11) is 0. The molecule has 1 N–H and O–H groups in total. The molecule has 0 saturated carbocycles. The number of carboxylic acids is 1. The van der Waals surface area contributed by atoms with Crippen molar-refractivity contribution < 1.29 is 19.4 Å². The Morgan fingerprint density at radius 1 is 1.14 bits per heavy atom. The number of carboxylic acid groups (broad SMARTS) is 1. The van der Waals surface area contributed by atoms with Crippen molar-refractivity contribution in [3.05, 3.63) is 71.3 Å². The van der Waals surface area contributed by atoms with Crippen molar-refractivity contribution in [1.29, 1.82) is 0 Å². The lowest BCUT2D eigenvalue weighted by molar-refractivity contribution is -0.131. The number of benzene rings is 2. The van der Waals surface area contributed by atoms with Gasteiger partial charge in [0.15, 0.2) is 5.78 Å². The highest BCUT2D eigenvalue weighted by atomic mass is 16.5. The fourth-order valence-electron chi connectivity index (χ4n) is 4.28. The van der Waals surface area contributed by atoms with E-state index in [1.54, 1.807) is 18.2 Å². The fourth-order valence-corrected chi connectivity index (χ4v) is 4.28. The number of nitrogens with zero attached hydrogens (tertiary/aromatic N) is 1. The van der Waals surface area contributed by atoms with Gasteiger partial charge in [0.1, 0.15) is 11.4 Å². The first-order valence-electron chi connectivity index (χ1n) is 10.1. The van der Waals surface area contributed by atoms with E-state index in [1.165, 1.54) is 11.6 Å². The van der Waals surface area contributed by atoms with E-state index in [-0.39, 0.29) is 5.78 Å². The Labute approximate surface area is 170 Å². The van der Waals surface area contributed by atoms with E-state index in [1.807, 2.05) is 6.07 Å². The molecule has 0 amide bonds. The Morgan fingerprint density at radius 3 is 2.76 bits per heavy atom. The average molecular weight is 391 g/mol. The Bertz CT molecular complexity index is 937. The van der Waals surface area contributed by atoms with E-state index in [4.69, 9.17) is 9.84 Å². The molecule has 2 aromatic carbocycles. The maximum absolute atomic E-state index is 12.9. The van der Waals surface area contributed by atoms with Crippen LogP contribution in [0.1, 0.15) is 47.2 Å². The summed E-state index contributed by atoms with van der Waals surface area (Å²) in [5.74, 6) is -0.318. The van der Waals surface area contributed by atoms with Crippen LogP contribution < -0.4 is 4.74 Å². The lowest BCUT2D eigenvalue weighted by atomic mass is 9.84. The van der Waals surface area contributed by atoms with Crippen molar-refractivity contribution >= 4 is 17.8 Å². The molecule has 5 nitrogen and oxygen atoms in total. The van der Waals surface area contributed by atoms with Crippen LogP contribution in [0.15, 0.2) is 54.6 Å². The minimum atomic E-state index is -1.01. The second-order valence-electron chi connectivity index (χ2n) is 7.93. The molecular formula is C24H25NO4. The Hall–Kier alpha value is -2.92. The fraction of sp³-hybridized carbons (Fsp3) is 0.333. The number of likely N-dealkylation sites (tertiary alicyclic amines) is 1. The van der Waals surface area contributed by atoms with Crippen LogP contribution in [-0.4, -0.2) is 40.4 Å². The second-order valence-corrected chi connectivity index (χ2v) is 7.93. The number of carbonyl (C=O) groups is 2. The minimum absolute atomic E-state index is 0.0772. The maximum atomic E-state index is 12.9. The zero-order chi connectivity index (χ0) is 20.3. The average Bonchev–Trinajstić information content (AvgIpc) is 2.89. The van der Waals surface area contributed by atoms with Gasteiger partial charge in [-0.2, -0.15) is 0 Å². The van der Waals surface area contributed by atoms with Crippen molar-refractivity contribution in [2.45, 2.75) is 37.8 Å². The minimum Gasteiger partial charge on any atom is -0.486 e. The lowest BCUT2D eigenvalue weighted by Gasteiger charge is -2.37. The number of fused-ring (bicyclic) bond motifs is 1. The van der Waals surface area contributed by atoms with Crippen molar-refractivity contribution in [2.24, 2.45) is 0 Å². The van der Waals surface area contributed by atoms with Gasteiger partial charge >= 0.3 is 5.97 Å². The number of hydrogen-bond acceptors (Lipinski definition) is 4. The third-order valence-corrected chi connectivity index (χ3v) is 5.77. The summed E-state index contributed by atoms with van der Waals surface area (Å²) in [5, 5.41) is 8.79. The van der Waals surface area contributed by atoms with Gasteiger partial charge in [-0.05, 0) is 48.7 Å². The Balaban J connectivity index is 1.47. The summed E-state index contributed by atoms with van der Waals surface area (Å²) in [6.07, 6.45) is 5.63. The molecule has 1 saturated heterocycles. The van der Waals surface area contributed by atoms with E-state index >= 15 is 0 Å². The summed E-state index contributed by atoms with van der Waals surface area (Å²) in [5.41, 5.74) is 2.10. The maximum Gasteiger partial charge on any atom is 0.328 e. The SMILES string of the molecule is O=C(O)C=Cc1ccc2c(c1)C(=O)CC1(CCCN(Cc3ccccc3)CC1)O2. The third-order valence-electron chi connectivity index (χ3n) is 5.77.